The average Bonchev–Trinajstić information content (AvgIpc) is 2.78. The van der Waals surface area contributed by atoms with Gasteiger partial charge in [0, 0.05) is 16.6 Å². The number of pyridine rings is 1. The van der Waals surface area contributed by atoms with Gasteiger partial charge >= 0.3 is 0 Å². The Morgan fingerprint density at radius 2 is 1.71 bits per heavy atom. The number of anilines is 1. The Kier molecular flexibility index (Phi) is 5.41. The lowest BCUT2D eigenvalue weighted by molar-refractivity contribution is 0.102. The van der Waals surface area contributed by atoms with Gasteiger partial charge in [-0.2, -0.15) is 0 Å². The van der Waals surface area contributed by atoms with Gasteiger partial charge in [-0.3, -0.25) is 4.79 Å². The lowest BCUT2D eigenvalue weighted by Gasteiger charge is -2.11. The van der Waals surface area contributed by atoms with Crippen molar-refractivity contribution in [3.8, 4) is 17.0 Å². The van der Waals surface area contributed by atoms with Gasteiger partial charge in [0.25, 0.3) is 5.91 Å². The van der Waals surface area contributed by atoms with Crippen molar-refractivity contribution in [2.75, 3.05) is 12.4 Å². The highest BCUT2D eigenvalue weighted by molar-refractivity contribution is 7.89. The fourth-order valence-corrected chi connectivity index (χ4v) is 3.78. The smallest absolute Gasteiger partial charge is 0.256 e. The molecule has 0 aliphatic rings. The van der Waals surface area contributed by atoms with Crippen molar-refractivity contribution in [3.05, 3.63) is 84.4 Å². The maximum atomic E-state index is 13.1. The number of ether oxygens (including phenoxy) is 1. The van der Waals surface area contributed by atoms with Crippen LogP contribution in [0, 0.1) is 0 Å². The Morgan fingerprint density at radius 3 is 2.42 bits per heavy atom. The molecule has 0 radical (unpaired) electrons. The molecular formula is C23H19N3O4S. The standard InChI is InChI=1S/C23H19N3O4S/c1-30-17-11-9-15(10-12-17)22-14-20(19-7-2-3-8-21(19)26-22)23(27)25-16-5-4-6-18(13-16)31(24,28)29/h2-14H,1H3,(H,25,27)(H2,24,28,29). The molecular weight excluding hydrogens is 414 g/mol. The minimum absolute atomic E-state index is 0.0798. The van der Waals surface area contributed by atoms with Crippen LogP contribution in [0.3, 0.4) is 0 Å². The molecule has 1 amide bonds. The first-order chi connectivity index (χ1) is 14.8. The maximum absolute atomic E-state index is 13.1. The third-order valence-electron chi connectivity index (χ3n) is 4.77. The molecule has 8 heteroatoms. The molecule has 4 aromatic rings. The number of nitrogens with one attached hydrogen (secondary N) is 1. The molecule has 0 atom stereocenters. The van der Waals surface area contributed by atoms with E-state index in [9.17, 15) is 13.2 Å². The van der Waals surface area contributed by atoms with E-state index in [0.717, 1.165) is 11.3 Å². The average molecular weight is 433 g/mol. The minimum Gasteiger partial charge on any atom is -0.497 e. The summed E-state index contributed by atoms with van der Waals surface area (Å²) < 4.78 is 28.4. The summed E-state index contributed by atoms with van der Waals surface area (Å²) in [6, 6.07) is 22.2. The number of fused-ring (bicyclic) bond motifs is 1. The lowest BCUT2D eigenvalue weighted by atomic mass is 10.0. The summed E-state index contributed by atoms with van der Waals surface area (Å²) in [6.07, 6.45) is 0. The molecule has 1 heterocycles. The van der Waals surface area contributed by atoms with Crippen LogP contribution in [-0.2, 0) is 10.0 Å². The van der Waals surface area contributed by atoms with Crippen LogP contribution in [0.2, 0.25) is 0 Å². The normalized spacial score (nSPS) is 11.3. The number of benzene rings is 3. The number of aromatic nitrogens is 1. The van der Waals surface area contributed by atoms with Gasteiger partial charge in [0.15, 0.2) is 0 Å². The number of para-hydroxylation sites is 1. The number of amides is 1. The third-order valence-corrected chi connectivity index (χ3v) is 5.68. The van der Waals surface area contributed by atoms with Gasteiger partial charge in [-0.15, -0.1) is 0 Å². The molecule has 31 heavy (non-hydrogen) atoms. The number of carbonyl (C=O) groups is 1. The van der Waals surface area contributed by atoms with Gasteiger partial charge in [-0.1, -0.05) is 24.3 Å². The van der Waals surface area contributed by atoms with E-state index in [1.54, 1.807) is 19.2 Å². The number of nitrogens with zero attached hydrogens (tertiary/aromatic N) is 1. The predicted molar refractivity (Wildman–Crippen MR) is 119 cm³/mol. The number of hydrogen-bond acceptors (Lipinski definition) is 5. The Bertz CT molecular complexity index is 1380. The molecule has 156 valence electrons. The van der Waals surface area contributed by atoms with E-state index in [1.807, 2.05) is 48.5 Å². The second-order valence-electron chi connectivity index (χ2n) is 6.83. The molecule has 0 fully saturated rings. The number of primary sulfonamides is 1. The van der Waals surface area contributed by atoms with Crippen LogP contribution in [-0.4, -0.2) is 26.4 Å². The minimum atomic E-state index is -3.88. The number of hydrogen-bond donors (Lipinski definition) is 2. The highest BCUT2D eigenvalue weighted by Crippen LogP contribution is 2.27. The summed E-state index contributed by atoms with van der Waals surface area (Å²) in [5.41, 5.74) is 2.86. The number of rotatable bonds is 5. The third kappa shape index (κ3) is 4.40. The van der Waals surface area contributed by atoms with E-state index in [4.69, 9.17) is 9.88 Å². The summed E-state index contributed by atoms with van der Waals surface area (Å²) in [7, 11) is -2.29. The summed E-state index contributed by atoms with van der Waals surface area (Å²) in [6.45, 7) is 0. The molecule has 0 spiro atoms. The highest BCUT2D eigenvalue weighted by Gasteiger charge is 2.15. The molecule has 0 saturated heterocycles. The molecule has 3 aromatic carbocycles. The van der Waals surface area contributed by atoms with Crippen molar-refractivity contribution in [1.29, 1.82) is 0 Å². The maximum Gasteiger partial charge on any atom is 0.256 e. The van der Waals surface area contributed by atoms with Crippen molar-refractivity contribution in [3.63, 3.8) is 0 Å². The molecule has 0 bridgehead atoms. The van der Waals surface area contributed by atoms with Crippen LogP contribution in [0.4, 0.5) is 5.69 Å². The lowest BCUT2D eigenvalue weighted by Crippen LogP contribution is -2.15. The van der Waals surface area contributed by atoms with Gasteiger partial charge in [-0.25, -0.2) is 18.5 Å². The van der Waals surface area contributed by atoms with E-state index in [0.29, 0.717) is 27.8 Å². The van der Waals surface area contributed by atoms with Gasteiger partial charge in [0.2, 0.25) is 10.0 Å². The zero-order valence-electron chi connectivity index (χ0n) is 16.6. The van der Waals surface area contributed by atoms with Crippen LogP contribution in [0.1, 0.15) is 10.4 Å². The SMILES string of the molecule is COc1ccc(-c2cc(C(=O)Nc3cccc(S(N)(=O)=O)c3)c3ccccc3n2)cc1. The Morgan fingerprint density at radius 1 is 0.968 bits per heavy atom. The Hall–Kier alpha value is -3.75. The quantitative estimate of drug-likeness (QED) is 0.497. The van der Waals surface area contributed by atoms with E-state index < -0.39 is 10.0 Å². The van der Waals surface area contributed by atoms with Crippen molar-refractivity contribution < 1.29 is 17.9 Å². The molecule has 0 aliphatic heterocycles. The summed E-state index contributed by atoms with van der Waals surface area (Å²) in [5, 5.41) is 8.62. The van der Waals surface area contributed by atoms with Gasteiger partial charge < -0.3 is 10.1 Å². The molecule has 0 saturated carbocycles. The first-order valence-corrected chi connectivity index (χ1v) is 10.9. The fourth-order valence-electron chi connectivity index (χ4n) is 3.22. The number of methoxy groups -OCH3 is 1. The highest BCUT2D eigenvalue weighted by atomic mass is 32.2. The van der Waals surface area contributed by atoms with Gasteiger partial charge in [0.05, 0.1) is 28.8 Å². The fraction of sp³-hybridized carbons (Fsp3) is 0.0435. The van der Waals surface area contributed by atoms with Gasteiger partial charge in [0.1, 0.15) is 5.75 Å². The molecule has 1 aromatic heterocycles. The van der Waals surface area contributed by atoms with Crippen LogP contribution in [0.5, 0.6) is 5.75 Å². The van der Waals surface area contributed by atoms with Crippen molar-refractivity contribution in [2.24, 2.45) is 5.14 Å². The van der Waals surface area contributed by atoms with E-state index in [1.165, 1.54) is 18.2 Å². The van der Waals surface area contributed by atoms with Crippen molar-refractivity contribution in [2.45, 2.75) is 4.90 Å². The topological polar surface area (TPSA) is 111 Å². The molecule has 0 aliphatic carbocycles. The van der Waals surface area contributed by atoms with Crippen LogP contribution < -0.4 is 15.2 Å². The number of nitrogens with two attached hydrogens (primary N) is 1. The second-order valence-corrected chi connectivity index (χ2v) is 8.39. The molecule has 4 rings (SSSR count). The van der Waals surface area contributed by atoms with Crippen LogP contribution in [0.25, 0.3) is 22.2 Å². The summed E-state index contributed by atoms with van der Waals surface area (Å²) in [4.78, 5) is 17.7. The van der Waals surface area contributed by atoms with Gasteiger partial charge in [-0.05, 0) is 54.6 Å². The van der Waals surface area contributed by atoms with Crippen molar-refractivity contribution >= 4 is 32.5 Å². The first kappa shape index (κ1) is 20.5. The molecule has 0 unspecified atom stereocenters. The van der Waals surface area contributed by atoms with Crippen LogP contribution in [0.15, 0.2) is 83.8 Å². The Labute approximate surface area is 179 Å². The zero-order valence-corrected chi connectivity index (χ0v) is 17.4. The Balaban J connectivity index is 1.76. The number of sulfonamides is 1. The summed E-state index contributed by atoms with van der Waals surface area (Å²) in [5.74, 6) is 0.331. The van der Waals surface area contributed by atoms with E-state index in [2.05, 4.69) is 10.3 Å². The van der Waals surface area contributed by atoms with Crippen LogP contribution >= 0.6 is 0 Å². The summed E-state index contributed by atoms with van der Waals surface area (Å²) >= 11 is 0. The second kappa shape index (κ2) is 8.17. The zero-order chi connectivity index (χ0) is 22.0. The molecule has 7 nitrogen and oxygen atoms in total. The van der Waals surface area contributed by atoms with E-state index in [-0.39, 0.29) is 10.8 Å². The number of carbonyl (C=O) groups excluding carboxylic acids is 1. The largest absolute Gasteiger partial charge is 0.497 e. The molecule has 3 N–H and O–H groups in total. The van der Waals surface area contributed by atoms with Crippen molar-refractivity contribution in [1.82, 2.24) is 4.98 Å². The first-order valence-electron chi connectivity index (χ1n) is 9.33. The monoisotopic (exact) mass is 433 g/mol. The van der Waals surface area contributed by atoms with E-state index >= 15 is 0 Å². The predicted octanol–water partition coefficient (Wildman–Crippen LogP) is 3.81.